The summed E-state index contributed by atoms with van der Waals surface area (Å²) in [4.78, 5) is 4.15. The molecule has 11 heavy (non-hydrogen) atoms. The number of nitrogens with zero attached hydrogens (tertiary/aromatic N) is 3. The third-order valence-electron chi connectivity index (χ3n) is 1.35. The summed E-state index contributed by atoms with van der Waals surface area (Å²) >= 11 is 0. The van der Waals surface area contributed by atoms with E-state index in [9.17, 15) is 0 Å². The van der Waals surface area contributed by atoms with Crippen molar-refractivity contribution in [2.45, 2.75) is 19.8 Å². The van der Waals surface area contributed by atoms with Gasteiger partial charge in [-0.3, -0.25) is 0 Å². The van der Waals surface area contributed by atoms with Crippen LogP contribution in [0.5, 0.6) is 0 Å². The Kier molecular flexibility index (Phi) is 2.92. The summed E-state index contributed by atoms with van der Waals surface area (Å²) in [5.74, 6) is 0.617. The lowest BCUT2D eigenvalue weighted by Crippen LogP contribution is -2.02. The van der Waals surface area contributed by atoms with E-state index in [-0.39, 0.29) is 6.61 Å². The van der Waals surface area contributed by atoms with Gasteiger partial charge in [-0.2, -0.15) is 5.10 Å². The quantitative estimate of drug-likeness (QED) is 0.662. The van der Waals surface area contributed by atoms with Crippen LogP contribution in [-0.2, 0) is 12.8 Å². The van der Waals surface area contributed by atoms with Crippen LogP contribution < -0.4 is 0 Å². The summed E-state index contributed by atoms with van der Waals surface area (Å²) in [6.07, 6.45) is 2.98. The average Bonchev–Trinajstić information content (AvgIpc) is 2.06. The second kappa shape index (κ2) is 3.98. The Bertz CT molecular complexity index is 227. The van der Waals surface area contributed by atoms with E-state index < -0.39 is 0 Å². The van der Waals surface area contributed by atoms with E-state index in [1.54, 1.807) is 6.20 Å². The third-order valence-corrected chi connectivity index (χ3v) is 1.35. The lowest BCUT2D eigenvalue weighted by Gasteiger charge is -1.96. The van der Waals surface area contributed by atoms with Crippen molar-refractivity contribution in [1.82, 2.24) is 15.2 Å². The van der Waals surface area contributed by atoms with Crippen LogP contribution in [0.4, 0.5) is 0 Å². The first kappa shape index (κ1) is 8.07. The van der Waals surface area contributed by atoms with Crippen molar-refractivity contribution >= 4 is 0 Å². The highest BCUT2D eigenvalue weighted by Gasteiger charge is 1.96. The van der Waals surface area contributed by atoms with Gasteiger partial charge in [-0.15, -0.1) is 5.10 Å². The SMILES string of the molecule is CCc1cnnc(CCO)n1. The van der Waals surface area contributed by atoms with Crippen molar-refractivity contribution in [3.8, 4) is 0 Å². The van der Waals surface area contributed by atoms with Crippen molar-refractivity contribution in [1.29, 1.82) is 0 Å². The molecule has 60 valence electrons. The molecule has 1 aromatic heterocycles. The molecule has 0 spiro atoms. The van der Waals surface area contributed by atoms with E-state index in [0.29, 0.717) is 12.2 Å². The lowest BCUT2D eigenvalue weighted by molar-refractivity contribution is 0.296. The number of rotatable bonds is 3. The molecule has 0 radical (unpaired) electrons. The number of aromatic nitrogens is 3. The predicted octanol–water partition coefficient (Wildman–Crippen LogP) is -0.0312. The third kappa shape index (κ3) is 2.23. The fraction of sp³-hybridized carbons (Fsp3) is 0.571. The van der Waals surface area contributed by atoms with E-state index >= 15 is 0 Å². The highest BCUT2D eigenvalue weighted by atomic mass is 16.3. The highest BCUT2D eigenvalue weighted by molar-refractivity contribution is 4.95. The van der Waals surface area contributed by atoms with Crippen LogP contribution in [0, 0.1) is 0 Å². The summed E-state index contributed by atoms with van der Waals surface area (Å²) < 4.78 is 0. The molecule has 1 rings (SSSR count). The molecule has 0 fully saturated rings. The molecule has 0 aliphatic rings. The monoisotopic (exact) mass is 153 g/mol. The minimum absolute atomic E-state index is 0.0782. The van der Waals surface area contributed by atoms with Gasteiger partial charge < -0.3 is 5.11 Å². The molecule has 0 bridgehead atoms. The Morgan fingerprint density at radius 1 is 1.55 bits per heavy atom. The van der Waals surface area contributed by atoms with Gasteiger partial charge in [0.05, 0.1) is 18.5 Å². The van der Waals surface area contributed by atoms with Crippen LogP contribution in [0.2, 0.25) is 0 Å². The van der Waals surface area contributed by atoms with Gasteiger partial charge in [-0.25, -0.2) is 4.98 Å². The minimum atomic E-state index is 0.0782. The molecule has 0 saturated heterocycles. The maximum absolute atomic E-state index is 8.58. The first-order chi connectivity index (χ1) is 5.36. The van der Waals surface area contributed by atoms with Gasteiger partial charge in [-0.1, -0.05) is 6.92 Å². The van der Waals surface area contributed by atoms with E-state index in [1.165, 1.54) is 0 Å². The normalized spacial score (nSPS) is 10.0. The van der Waals surface area contributed by atoms with E-state index in [4.69, 9.17) is 5.11 Å². The Morgan fingerprint density at radius 2 is 2.36 bits per heavy atom. The molecule has 0 unspecified atom stereocenters. The summed E-state index contributed by atoms with van der Waals surface area (Å²) in [6.45, 7) is 2.08. The van der Waals surface area contributed by atoms with E-state index in [0.717, 1.165) is 12.1 Å². The summed E-state index contributed by atoms with van der Waals surface area (Å²) in [5.41, 5.74) is 0.920. The number of hydrogen-bond donors (Lipinski definition) is 1. The van der Waals surface area contributed by atoms with E-state index in [2.05, 4.69) is 15.2 Å². The van der Waals surface area contributed by atoms with Crippen LogP contribution in [0.1, 0.15) is 18.4 Å². The van der Waals surface area contributed by atoms with Gasteiger partial charge in [0.1, 0.15) is 0 Å². The topological polar surface area (TPSA) is 58.9 Å². The number of aryl methyl sites for hydroxylation is 1. The Labute approximate surface area is 65.3 Å². The Balaban J connectivity index is 2.74. The van der Waals surface area contributed by atoms with Gasteiger partial charge in [0.15, 0.2) is 5.82 Å². The zero-order chi connectivity index (χ0) is 8.10. The zero-order valence-electron chi connectivity index (χ0n) is 6.49. The van der Waals surface area contributed by atoms with Gasteiger partial charge in [0.2, 0.25) is 0 Å². The first-order valence-electron chi connectivity index (χ1n) is 3.65. The molecule has 0 atom stereocenters. The molecule has 0 amide bonds. The summed E-state index contributed by atoms with van der Waals surface area (Å²) in [5, 5.41) is 16.1. The highest BCUT2D eigenvalue weighted by Crippen LogP contribution is 1.93. The maximum Gasteiger partial charge on any atom is 0.153 e. The summed E-state index contributed by atoms with van der Waals surface area (Å²) in [6, 6.07) is 0. The van der Waals surface area contributed by atoms with Crippen molar-refractivity contribution in [3.05, 3.63) is 17.7 Å². The van der Waals surface area contributed by atoms with Crippen molar-refractivity contribution < 1.29 is 5.11 Å². The average molecular weight is 153 g/mol. The predicted molar refractivity (Wildman–Crippen MR) is 40.0 cm³/mol. The molecule has 1 heterocycles. The molecular weight excluding hydrogens is 142 g/mol. The lowest BCUT2D eigenvalue weighted by atomic mass is 10.3. The molecule has 4 nitrogen and oxygen atoms in total. The molecule has 4 heteroatoms. The van der Waals surface area contributed by atoms with Gasteiger partial charge in [0, 0.05) is 6.42 Å². The van der Waals surface area contributed by atoms with Gasteiger partial charge in [-0.05, 0) is 6.42 Å². The van der Waals surface area contributed by atoms with Crippen LogP contribution in [0.25, 0.3) is 0 Å². The smallest absolute Gasteiger partial charge is 0.153 e. The first-order valence-corrected chi connectivity index (χ1v) is 3.65. The van der Waals surface area contributed by atoms with Crippen LogP contribution >= 0.6 is 0 Å². The van der Waals surface area contributed by atoms with E-state index in [1.807, 2.05) is 6.92 Å². The maximum atomic E-state index is 8.58. The minimum Gasteiger partial charge on any atom is -0.396 e. The Hall–Kier alpha value is -1.03. The van der Waals surface area contributed by atoms with Crippen LogP contribution in [-0.4, -0.2) is 26.9 Å². The molecule has 0 aliphatic heterocycles. The van der Waals surface area contributed by atoms with Crippen molar-refractivity contribution in [2.24, 2.45) is 0 Å². The fourth-order valence-corrected chi connectivity index (χ4v) is 0.755. The Morgan fingerprint density at radius 3 is 3.00 bits per heavy atom. The van der Waals surface area contributed by atoms with Crippen molar-refractivity contribution in [3.63, 3.8) is 0 Å². The second-order valence-electron chi connectivity index (χ2n) is 2.19. The summed E-state index contributed by atoms with van der Waals surface area (Å²) in [7, 11) is 0. The van der Waals surface area contributed by atoms with Gasteiger partial charge >= 0.3 is 0 Å². The van der Waals surface area contributed by atoms with Gasteiger partial charge in [0.25, 0.3) is 0 Å². The van der Waals surface area contributed by atoms with Crippen LogP contribution in [0.15, 0.2) is 6.20 Å². The molecule has 0 saturated carbocycles. The molecule has 0 aromatic carbocycles. The molecule has 0 aliphatic carbocycles. The second-order valence-corrected chi connectivity index (χ2v) is 2.19. The number of hydrogen-bond acceptors (Lipinski definition) is 4. The van der Waals surface area contributed by atoms with Crippen LogP contribution in [0.3, 0.4) is 0 Å². The molecule has 1 aromatic rings. The zero-order valence-corrected chi connectivity index (χ0v) is 6.49. The molecular formula is C7H11N3O. The number of aliphatic hydroxyl groups is 1. The molecule has 1 N–H and O–H groups in total. The van der Waals surface area contributed by atoms with Crippen molar-refractivity contribution in [2.75, 3.05) is 6.61 Å². The fourth-order valence-electron chi connectivity index (χ4n) is 0.755. The number of aliphatic hydroxyl groups excluding tert-OH is 1. The largest absolute Gasteiger partial charge is 0.396 e. The standard InChI is InChI=1S/C7H11N3O/c1-2-6-5-8-10-7(9-6)3-4-11/h5,11H,2-4H2,1H3.